The summed E-state index contributed by atoms with van der Waals surface area (Å²) >= 11 is 0. The molecule has 26 heavy (non-hydrogen) atoms. The number of hydrogen-bond donors (Lipinski definition) is 0. The number of ketones is 1. The molecule has 0 saturated heterocycles. The van der Waals surface area contributed by atoms with Crippen molar-refractivity contribution in [3.05, 3.63) is 89.5 Å². The van der Waals surface area contributed by atoms with Crippen LogP contribution < -0.4 is 0 Å². The van der Waals surface area contributed by atoms with Crippen LogP contribution in [0.5, 0.6) is 0 Å². The van der Waals surface area contributed by atoms with E-state index < -0.39 is 0 Å². The molecule has 0 amide bonds. The number of aryl methyl sites for hydroxylation is 2. The van der Waals surface area contributed by atoms with Gasteiger partial charge in [-0.1, -0.05) is 43.0 Å². The summed E-state index contributed by atoms with van der Waals surface area (Å²) in [6.45, 7) is 8.89. The number of hydrogen-bond acceptors (Lipinski definition) is 1. The second-order valence-corrected chi connectivity index (χ2v) is 6.60. The van der Waals surface area contributed by atoms with Crippen molar-refractivity contribution in [2.75, 3.05) is 0 Å². The quantitative estimate of drug-likeness (QED) is 0.418. The Hall–Kier alpha value is -3.13. The van der Waals surface area contributed by atoms with Gasteiger partial charge in [0.2, 0.25) is 0 Å². The Labute approximate surface area is 153 Å². The predicted molar refractivity (Wildman–Crippen MR) is 110 cm³/mol. The highest BCUT2D eigenvalue weighted by Crippen LogP contribution is 2.31. The third-order valence-electron chi connectivity index (χ3n) is 5.09. The van der Waals surface area contributed by atoms with Crippen LogP contribution in [0.25, 0.3) is 27.9 Å². The van der Waals surface area contributed by atoms with Gasteiger partial charge < -0.3 is 4.57 Å². The first-order chi connectivity index (χ1) is 12.6. The van der Waals surface area contributed by atoms with Gasteiger partial charge in [-0.3, -0.25) is 4.79 Å². The minimum atomic E-state index is 0.0715. The molecule has 0 bridgehead atoms. The van der Waals surface area contributed by atoms with Crippen LogP contribution in [0, 0.1) is 6.92 Å². The van der Waals surface area contributed by atoms with Crippen molar-refractivity contribution < 1.29 is 4.79 Å². The summed E-state index contributed by atoms with van der Waals surface area (Å²) in [4.78, 5) is 13.0. The van der Waals surface area contributed by atoms with E-state index in [0.717, 1.165) is 39.7 Å². The molecule has 0 aliphatic carbocycles. The lowest BCUT2D eigenvalue weighted by atomic mass is 9.97. The zero-order valence-corrected chi connectivity index (χ0v) is 15.1. The molecular weight excluding hydrogens is 318 g/mol. The van der Waals surface area contributed by atoms with Crippen molar-refractivity contribution >= 4 is 33.7 Å². The lowest BCUT2D eigenvalue weighted by Crippen LogP contribution is -2.03. The first kappa shape index (κ1) is 16.3. The Morgan fingerprint density at radius 1 is 1.00 bits per heavy atom. The number of nitrogens with zero attached hydrogens (tertiary/aromatic N) is 1. The Kier molecular flexibility index (Phi) is 3.96. The monoisotopic (exact) mass is 339 g/mol. The average molecular weight is 339 g/mol. The van der Waals surface area contributed by atoms with Crippen molar-refractivity contribution in [2.24, 2.45) is 0 Å². The van der Waals surface area contributed by atoms with Gasteiger partial charge in [-0.2, -0.15) is 0 Å². The molecule has 4 rings (SSSR count). The maximum Gasteiger partial charge on any atom is 0.193 e. The average Bonchev–Trinajstić information content (AvgIpc) is 2.99. The second kappa shape index (κ2) is 6.30. The molecule has 2 heteroatoms. The summed E-state index contributed by atoms with van der Waals surface area (Å²) < 4.78 is 2.29. The molecule has 0 aliphatic rings. The fourth-order valence-corrected chi connectivity index (χ4v) is 3.71. The Bertz CT molecular complexity index is 1160. The van der Waals surface area contributed by atoms with Crippen LogP contribution in [-0.2, 0) is 6.54 Å². The van der Waals surface area contributed by atoms with Gasteiger partial charge in [0.05, 0.1) is 0 Å². The third kappa shape index (κ3) is 2.46. The van der Waals surface area contributed by atoms with E-state index in [4.69, 9.17) is 0 Å². The summed E-state index contributed by atoms with van der Waals surface area (Å²) in [5, 5.41) is 2.28. The highest BCUT2D eigenvalue weighted by atomic mass is 16.1. The van der Waals surface area contributed by atoms with E-state index in [1.165, 1.54) is 10.9 Å². The van der Waals surface area contributed by atoms with Gasteiger partial charge in [0.15, 0.2) is 5.78 Å². The van der Waals surface area contributed by atoms with Crippen molar-refractivity contribution in [3.63, 3.8) is 0 Å². The maximum atomic E-state index is 13.0. The molecule has 0 atom stereocenters. The zero-order valence-electron chi connectivity index (χ0n) is 15.1. The molecule has 0 N–H and O–H groups in total. The largest absolute Gasteiger partial charge is 0.341 e. The summed E-state index contributed by atoms with van der Waals surface area (Å²) in [7, 11) is 0. The minimum Gasteiger partial charge on any atom is -0.341 e. The molecule has 0 fully saturated rings. The van der Waals surface area contributed by atoms with Gasteiger partial charge in [-0.05, 0) is 55.3 Å². The topological polar surface area (TPSA) is 22.0 Å². The number of carbonyl (C=O) groups is 1. The number of benzene rings is 3. The minimum absolute atomic E-state index is 0.0715. The van der Waals surface area contributed by atoms with Crippen molar-refractivity contribution in [2.45, 2.75) is 20.4 Å². The van der Waals surface area contributed by atoms with E-state index in [9.17, 15) is 4.79 Å². The standard InChI is InChI=1S/C24H21NO/c1-4-17-10-12-22-20(14-17)21-15-18(11-13-23(21)25(22)5-2)24(26)19-9-7-6-8-16(19)3/h4,6-15H,1,5H2,2-3H3. The van der Waals surface area contributed by atoms with Gasteiger partial charge in [-0.25, -0.2) is 0 Å². The van der Waals surface area contributed by atoms with Gasteiger partial charge in [0.1, 0.15) is 0 Å². The van der Waals surface area contributed by atoms with E-state index in [1.807, 2.05) is 49.4 Å². The second-order valence-electron chi connectivity index (χ2n) is 6.60. The fourth-order valence-electron chi connectivity index (χ4n) is 3.71. The van der Waals surface area contributed by atoms with Crippen LogP contribution in [0.2, 0.25) is 0 Å². The van der Waals surface area contributed by atoms with Crippen LogP contribution >= 0.6 is 0 Å². The Balaban J connectivity index is 1.97. The molecule has 4 aromatic rings. The molecule has 0 spiro atoms. The number of carbonyl (C=O) groups excluding carboxylic acids is 1. The van der Waals surface area contributed by atoms with Gasteiger partial charge >= 0.3 is 0 Å². The van der Waals surface area contributed by atoms with Crippen LogP contribution in [0.15, 0.2) is 67.2 Å². The normalized spacial score (nSPS) is 11.2. The Morgan fingerprint density at radius 3 is 2.38 bits per heavy atom. The molecule has 0 aliphatic heterocycles. The van der Waals surface area contributed by atoms with Gasteiger partial charge in [-0.15, -0.1) is 0 Å². The zero-order chi connectivity index (χ0) is 18.3. The molecule has 2 nitrogen and oxygen atoms in total. The van der Waals surface area contributed by atoms with E-state index in [2.05, 4.69) is 42.3 Å². The smallest absolute Gasteiger partial charge is 0.193 e. The highest BCUT2D eigenvalue weighted by molar-refractivity contribution is 6.15. The molecule has 128 valence electrons. The molecule has 0 saturated carbocycles. The summed E-state index contributed by atoms with van der Waals surface area (Å²) in [6.07, 6.45) is 1.86. The lowest BCUT2D eigenvalue weighted by Gasteiger charge is -2.06. The number of fused-ring (bicyclic) bond motifs is 3. The van der Waals surface area contributed by atoms with E-state index in [-0.39, 0.29) is 5.78 Å². The maximum absolute atomic E-state index is 13.0. The summed E-state index contributed by atoms with van der Waals surface area (Å²) in [5.74, 6) is 0.0715. The highest BCUT2D eigenvalue weighted by Gasteiger charge is 2.15. The molecule has 1 heterocycles. The van der Waals surface area contributed by atoms with Crippen molar-refractivity contribution in [1.82, 2.24) is 4.57 Å². The predicted octanol–water partition coefficient (Wildman–Crippen LogP) is 6.00. The first-order valence-corrected chi connectivity index (χ1v) is 8.93. The fraction of sp³-hybridized carbons (Fsp3) is 0.125. The van der Waals surface area contributed by atoms with Crippen LogP contribution in [-0.4, -0.2) is 10.4 Å². The van der Waals surface area contributed by atoms with Gasteiger partial charge in [0.25, 0.3) is 0 Å². The molecule has 1 aromatic heterocycles. The van der Waals surface area contributed by atoms with Crippen molar-refractivity contribution in [1.29, 1.82) is 0 Å². The SMILES string of the molecule is C=Cc1ccc2c(c1)c1cc(C(=O)c3ccccc3C)ccc1n2CC. The van der Waals surface area contributed by atoms with Crippen molar-refractivity contribution in [3.8, 4) is 0 Å². The number of rotatable bonds is 4. The molecule has 0 radical (unpaired) electrons. The summed E-state index contributed by atoms with van der Waals surface area (Å²) in [6, 6.07) is 20.2. The lowest BCUT2D eigenvalue weighted by molar-refractivity contribution is 0.103. The van der Waals surface area contributed by atoms with Crippen LogP contribution in [0.3, 0.4) is 0 Å². The van der Waals surface area contributed by atoms with Crippen LogP contribution in [0.1, 0.15) is 34.0 Å². The molecular formula is C24H21NO. The van der Waals surface area contributed by atoms with E-state index >= 15 is 0 Å². The van der Waals surface area contributed by atoms with Crippen LogP contribution in [0.4, 0.5) is 0 Å². The van der Waals surface area contributed by atoms with E-state index in [0.29, 0.717) is 0 Å². The first-order valence-electron chi connectivity index (χ1n) is 8.93. The third-order valence-corrected chi connectivity index (χ3v) is 5.09. The molecule has 0 unspecified atom stereocenters. The molecule has 3 aromatic carbocycles. The Morgan fingerprint density at radius 2 is 1.69 bits per heavy atom. The van der Waals surface area contributed by atoms with E-state index in [1.54, 1.807) is 0 Å². The van der Waals surface area contributed by atoms with Gasteiger partial charge in [0, 0.05) is 39.5 Å². The number of aromatic nitrogens is 1. The summed E-state index contributed by atoms with van der Waals surface area (Å²) in [5.41, 5.74) is 5.92.